The van der Waals surface area contributed by atoms with E-state index < -0.39 is 11.6 Å². The highest BCUT2D eigenvalue weighted by atomic mass is 19.1. The summed E-state index contributed by atoms with van der Waals surface area (Å²) >= 11 is 0. The number of hydrogen-bond acceptors (Lipinski definition) is 1. The second kappa shape index (κ2) is 8.38. The number of benzene rings is 2. The molecule has 0 fully saturated rings. The van der Waals surface area contributed by atoms with Crippen LogP contribution < -0.4 is 10.6 Å². The largest absolute Gasteiger partial charge is 0.356 e. The van der Waals surface area contributed by atoms with Gasteiger partial charge in [0, 0.05) is 25.7 Å². The van der Waals surface area contributed by atoms with Gasteiger partial charge in [-0.2, -0.15) is 0 Å². The van der Waals surface area contributed by atoms with Gasteiger partial charge in [0.15, 0.2) is 5.96 Å². The summed E-state index contributed by atoms with van der Waals surface area (Å²) in [7, 11) is 1.60. The Balaban J connectivity index is 1.85. The third-order valence-electron chi connectivity index (χ3n) is 3.67. The number of guanidine groups is 1. The second-order valence-corrected chi connectivity index (χ2v) is 5.41. The second-order valence-electron chi connectivity index (χ2n) is 5.41. The molecule has 0 bridgehead atoms. The Hall–Kier alpha value is -2.50. The lowest BCUT2D eigenvalue weighted by Crippen LogP contribution is -2.38. The fourth-order valence-corrected chi connectivity index (χ4v) is 2.33. The van der Waals surface area contributed by atoms with E-state index in [0.29, 0.717) is 18.9 Å². The zero-order valence-corrected chi connectivity index (χ0v) is 13.7. The Morgan fingerprint density at radius 2 is 1.67 bits per heavy atom. The van der Waals surface area contributed by atoms with Crippen molar-refractivity contribution < 1.29 is 13.2 Å². The molecule has 0 atom stereocenters. The molecule has 2 aromatic carbocycles. The van der Waals surface area contributed by atoms with Crippen LogP contribution in [0.1, 0.15) is 16.7 Å². The number of nitrogens with one attached hydrogen (secondary N) is 2. The quantitative estimate of drug-likeness (QED) is 0.650. The van der Waals surface area contributed by atoms with Crippen molar-refractivity contribution in [3.8, 4) is 0 Å². The molecule has 24 heavy (non-hydrogen) atoms. The standard InChI is InChI=1S/C18H20F3N3/c1-12-9-15(19)4-3-13(12)7-8-23-18(22-2)24-11-14-10-16(20)5-6-17(14)21/h3-6,9-10H,7-8,11H2,1-2H3,(H2,22,23,24). The monoisotopic (exact) mass is 335 g/mol. The molecule has 2 N–H and O–H groups in total. The summed E-state index contributed by atoms with van der Waals surface area (Å²) in [5.41, 5.74) is 2.16. The summed E-state index contributed by atoms with van der Waals surface area (Å²) in [5, 5.41) is 6.03. The molecule has 0 aliphatic carbocycles. The van der Waals surface area contributed by atoms with Crippen LogP contribution in [-0.4, -0.2) is 19.6 Å². The van der Waals surface area contributed by atoms with E-state index in [0.717, 1.165) is 29.3 Å². The molecule has 6 heteroatoms. The van der Waals surface area contributed by atoms with E-state index in [9.17, 15) is 13.2 Å². The molecule has 2 aromatic rings. The maximum Gasteiger partial charge on any atom is 0.191 e. The summed E-state index contributed by atoms with van der Waals surface area (Å²) in [6.45, 7) is 2.56. The molecule has 3 nitrogen and oxygen atoms in total. The van der Waals surface area contributed by atoms with Crippen LogP contribution in [0.5, 0.6) is 0 Å². The first kappa shape index (κ1) is 17.8. The minimum atomic E-state index is -0.483. The van der Waals surface area contributed by atoms with E-state index in [2.05, 4.69) is 15.6 Å². The van der Waals surface area contributed by atoms with Gasteiger partial charge in [0.05, 0.1) is 0 Å². The molecule has 0 unspecified atom stereocenters. The van der Waals surface area contributed by atoms with Crippen LogP contribution in [0, 0.1) is 24.4 Å². The Labute approximate surface area is 139 Å². The maximum atomic E-state index is 13.6. The van der Waals surface area contributed by atoms with Crippen molar-refractivity contribution in [2.75, 3.05) is 13.6 Å². The highest BCUT2D eigenvalue weighted by Gasteiger charge is 2.06. The van der Waals surface area contributed by atoms with Gasteiger partial charge in [0.1, 0.15) is 17.5 Å². The Kier molecular flexibility index (Phi) is 6.23. The lowest BCUT2D eigenvalue weighted by atomic mass is 10.1. The molecule has 0 aromatic heterocycles. The molecule has 2 rings (SSSR count). The molecule has 0 saturated carbocycles. The molecule has 0 heterocycles. The summed E-state index contributed by atoms with van der Waals surface area (Å²) < 4.78 is 39.8. The first-order valence-corrected chi connectivity index (χ1v) is 7.63. The third-order valence-corrected chi connectivity index (χ3v) is 3.67. The maximum absolute atomic E-state index is 13.6. The fourth-order valence-electron chi connectivity index (χ4n) is 2.33. The molecular formula is C18H20F3N3. The highest BCUT2D eigenvalue weighted by molar-refractivity contribution is 5.79. The molecule has 0 radical (unpaired) electrons. The molecule has 0 aliphatic heterocycles. The molecular weight excluding hydrogens is 315 g/mol. The minimum Gasteiger partial charge on any atom is -0.356 e. The van der Waals surface area contributed by atoms with Gasteiger partial charge in [0.2, 0.25) is 0 Å². The van der Waals surface area contributed by atoms with E-state index in [1.807, 2.05) is 6.92 Å². The summed E-state index contributed by atoms with van der Waals surface area (Å²) in [6, 6.07) is 8.01. The van der Waals surface area contributed by atoms with E-state index in [-0.39, 0.29) is 17.9 Å². The molecule has 0 saturated heterocycles. The van der Waals surface area contributed by atoms with Crippen molar-refractivity contribution in [3.05, 3.63) is 70.5 Å². The van der Waals surface area contributed by atoms with Gasteiger partial charge in [-0.1, -0.05) is 6.07 Å². The van der Waals surface area contributed by atoms with Gasteiger partial charge < -0.3 is 10.6 Å². The van der Waals surface area contributed by atoms with Gasteiger partial charge >= 0.3 is 0 Å². The van der Waals surface area contributed by atoms with Gasteiger partial charge in [-0.3, -0.25) is 4.99 Å². The molecule has 128 valence electrons. The van der Waals surface area contributed by atoms with Gasteiger partial charge in [0.25, 0.3) is 0 Å². The van der Waals surface area contributed by atoms with Gasteiger partial charge in [-0.05, 0) is 54.8 Å². The van der Waals surface area contributed by atoms with Crippen LogP contribution in [-0.2, 0) is 13.0 Å². The fraction of sp³-hybridized carbons (Fsp3) is 0.278. The first-order valence-electron chi connectivity index (χ1n) is 7.63. The Morgan fingerprint density at radius 3 is 2.38 bits per heavy atom. The average molecular weight is 335 g/mol. The zero-order chi connectivity index (χ0) is 17.5. The predicted octanol–water partition coefficient (Wildman–Crippen LogP) is 3.32. The normalized spacial score (nSPS) is 11.5. The van der Waals surface area contributed by atoms with Crippen LogP contribution >= 0.6 is 0 Å². The number of aryl methyl sites for hydroxylation is 1. The van der Waals surface area contributed by atoms with Crippen molar-refractivity contribution in [1.82, 2.24) is 10.6 Å². The number of halogens is 3. The van der Waals surface area contributed by atoms with Crippen molar-refractivity contribution in [1.29, 1.82) is 0 Å². The van der Waals surface area contributed by atoms with Crippen LogP contribution in [0.25, 0.3) is 0 Å². The van der Waals surface area contributed by atoms with Crippen LogP contribution in [0.15, 0.2) is 41.4 Å². The summed E-state index contributed by atoms with van der Waals surface area (Å²) in [4.78, 5) is 4.04. The van der Waals surface area contributed by atoms with E-state index in [1.54, 1.807) is 13.1 Å². The van der Waals surface area contributed by atoms with E-state index >= 15 is 0 Å². The van der Waals surface area contributed by atoms with Crippen molar-refractivity contribution >= 4 is 5.96 Å². The highest BCUT2D eigenvalue weighted by Crippen LogP contribution is 2.11. The van der Waals surface area contributed by atoms with E-state index in [1.165, 1.54) is 12.1 Å². The topological polar surface area (TPSA) is 36.4 Å². The number of rotatable bonds is 5. The van der Waals surface area contributed by atoms with Gasteiger partial charge in [-0.25, -0.2) is 13.2 Å². The van der Waals surface area contributed by atoms with Crippen molar-refractivity contribution in [2.45, 2.75) is 19.9 Å². The van der Waals surface area contributed by atoms with Crippen molar-refractivity contribution in [3.63, 3.8) is 0 Å². The molecule has 0 aliphatic rings. The zero-order valence-electron chi connectivity index (χ0n) is 13.7. The number of nitrogens with zero attached hydrogens (tertiary/aromatic N) is 1. The Morgan fingerprint density at radius 1 is 0.958 bits per heavy atom. The van der Waals surface area contributed by atoms with Crippen molar-refractivity contribution in [2.24, 2.45) is 4.99 Å². The predicted molar refractivity (Wildman–Crippen MR) is 89.4 cm³/mol. The van der Waals surface area contributed by atoms with Crippen LogP contribution in [0.4, 0.5) is 13.2 Å². The van der Waals surface area contributed by atoms with Crippen LogP contribution in [0.3, 0.4) is 0 Å². The lowest BCUT2D eigenvalue weighted by molar-refractivity contribution is 0.581. The smallest absolute Gasteiger partial charge is 0.191 e. The Bertz CT molecular complexity index is 729. The molecule has 0 amide bonds. The molecule has 0 spiro atoms. The first-order chi connectivity index (χ1) is 11.5. The van der Waals surface area contributed by atoms with Gasteiger partial charge in [-0.15, -0.1) is 0 Å². The lowest BCUT2D eigenvalue weighted by Gasteiger charge is -2.13. The average Bonchev–Trinajstić information content (AvgIpc) is 2.55. The summed E-state index contributed by atoms with van der Waals surface area (Å²) in [6.07, 6.45) is 0.696. The number of hydrogen-bond donors (Lipinski definition) is 2. The third kappa shape index (κ3) is 5.01. The SMILES string of the molecule is CN=C(NCCc1ccc(F)cc1C)NCc1cc(F)ccc1F. The number of aliphatic imine (C=N–C) groups is 1. The minimum absolute atomic E-state index is 0.124. The summed E-state index contributed by atoms with van der Waals surface area (Å²) in [5.74, 6) is -0.721. The van der Waals surface area contributed by atoms with E-state index in [4.69, 9.17) is 0 Å². The van der Waals surface area contributed by atoms with Crippen LogP contribution in [0.2, 0.25) is 0 Å².